The fraction of sp³-hybridized carbons (Fsp3) is 0.200. The molecule has 0 aliphatic heterocycles. The summed E-state index contributed by atoms with van der Waals surface area (Å²) in [6.45, 7) is 1.89. The van der Waals surface area contributed by atoms with Crippen LogP contribution >= 0.6 is 0 Å². The summed E-state index contributed by atoms with van der Waals surface area (Å²) in [7, 11) is 0. The van der Waals surface area contributed by atoms with Crippen molar-refractivity contribution >= 4 is 6.08 Å². The third-order valence-corrected chi connectivity index (χ3v) is 1.72. The van der Waals surface area contributed by atoms with E-state index in [2.05, 4.69) is 21.8 Å². The van der Waals surface area contributed by atoms with Gasteiger partial charge in [-0.15, -0.1) is 0 Å². The molecule has 2 rings (SSSR count). The Balaban J connectivity index is 2.55. The first-order valence-corrected chi connectivity index (χ1v) is 3.84. The summed E-state index contributed by atoms with van der Waals surface area (Å²) in [6, 6.07) is 0. The van der Waals surface area contributed by atoms with Gasteiger partial charge < -0.3 is 0 Å². The second-order valence-corrected chi connectivity index (χ2v) is 2.66. The minimum atomic E-state index is 0.753. The molecule has 0 radical (unpaired) electrons. The van der Waals surface area contributed by atoms with E-state index in [4.69, 9.17) is 0 Å². The van der Waals surface area contributed by atoms with Crippen molar-refractivity contribution in [2.75, 3.05) is 0 Å². The quantitative estimate of drug-likeness (QED) is 0.530. The van der Waals surface area contributed by atoms with Crippen molar-refractivity contribution in [3.8, 4) is 11.8 Å². The molecule has 2 nitrogen and oxygen atoms in total. The Bertz CT molecular complexity index is 394. The number of aromatic nitrogens is 2. The monoisotopic (exact) mass is 156 g/mol. The Hall–Kier alpha value is -1.62. The van der Waals surface area contributed by atoms with Gasteiger partial charge in [-0.05, 0) is 19.1 Å². The van der Waals surface area contributed by atoms with Crippen LogP contribution in [-0.2, 0) is 6.42 Å². The fourth-order valence-electron chi connectivity index (χ4n) is 1.12. The van der Waals surface area contributed by atoms with Crippen LogP contribution in [0.4, 0.5) is 0 Å². The van der Waals surface area contributed by atoms with Crippen molar-refractivity contribution < 1.29 is 0 Å². The number of fused-ring (bicyclic) bond motifs is 1. The molecule has 1 heterocycles. The molecule has 1 aliphatic carbocycles. The summed E-state index contributed by atoms with van der Waals surface area (Å²) in [5, 5.41) is 0. The first kappa shape index (κ1) is 7.05. The van der Waals surface area contributed by atoms with Gasteiger partial charge in [0.15, 0.2) is 0 Å². The van der Waals surface area contributed by atoms with Crippen LogP contribution in [0, 0.1) is 18.8 Å². The summed E-state index contributed by atoms with van der Waals surface area (Å²) in [5.74, 6) is 6.73. The molecule has 0 atom stereocenters. The van der Waals surface area contributed by atoms with Crippen LogP contribution in [0.25, 0.3) is 6.08 Å². The predicted octanol–water partition coefficient (Wildman–Crippen LogP) is 1.36. The molecule has 0 saturated heterocycles. The SMILES string of the molecule is Cc1ncc2c(n1)C=CC#CC2. The lowest BCUT2D eigenvalue weighted by atomic mass is 10.2. The van der Waals surface area contributed by atoms with Gasteiger partial charge in [0.05, 0.1) is 5.69 Å². The zero-order chi connectivity index (χ0) is 8.39. The van der Waals surface area contributed by atoms with Crippen LogP contribution < -0.4 is 0 Å². The van der Waals surface area contributed by atoms with Crippen molar-refractivity contribution in [1.82, 2.24) is 9.97 Å². The molecule has 0 N–H and O–H groups in total. The standard InChI is InChI=1S/C10H8N2/c1-8-11-7-9-5-3-2-4-6-10(9)12-8/h4,6-7H,5H2,1H3. The lowest BCUT2D eigenvalue weighted by Gasteiger charge is -2.00. The van der Waals surface area contributed by atoms with Crippen molar-refractivity contribution in [3.63, 3.8) is 0 Å². The van der Waals surface area contributed by atoms with E-state index in [0.717, 1.165) is 23.5 Å². The molecule has 2 heteroatoms. The van der Waals surface area contributed by atoms with Gasteiger partial charge in [-0.1, -0.05) is 11.8 Å². The number of allylic oxidation sites excluding steroid dienone is 1. The Morgan fingerprint density at radius 2 is 2.42 bits per heavy atom. The molecule has 0 fully saturated rings. The predicted molar refractivity (Wildman–Crippen MR) is 47.3 cm³/mol. The highest BCUT2D eigenvalue weighted by atomic mass is 14.9. The Labute approximate surface area is 71.4 Å². The lowest BCUT2D eigenvalue weighted by Crippen LogP contribution is -1.96. The van der Waals surface area contributed by atoms with Gasteiger partial charge in [-0.25, -0.2) is 9.97 Å². The molecule has 1 aliphatic rings. The summed E-state index contributed by atoms with van der Waals surface area (Å²) in [6.07, 6.45) is 6.37. The second-order valence-electron chi connectivity index (χ2n) is 2.66. The summed E-state index contributed by atoms with van der Waals surface area (Å²) in [4.78, 5) is 8.42. The van der Waals surface area contributed by atoms with Crippen molar-refractivity contribution in [3.05, 3.63) is 29.4 Å². The smallest absolute Gasteiger partial charge is 0.125 e. The van der Waals surface area contributed by atoms with E-state index in [1.807, 2.05) is 25.3 Å². The van der Waals surface area contributed by atoms with E-state index in [1.54, 1.807) is 0 Å². The minimum Gasteiger partial charge on any atom is -0.241 e. The third-order valence-electron chi connectivity index (χ3n) is 1.72. The van der Waals surface area contributed by atoms with E-state index in [1.165, 1.54) is 0 Å². The highest BCUT2D eigenvalue weighted by Crippen LogP contribution is 2.09. The van der Waals surface area contributed by atoms with Crippen LogP contribution in [0.3, 0.4) is 0 Å². The summed E-state index contributed by atoms with van der Waals surface area (Å²) in [5.41, 5.74) is 2.10. The number of hydrogen-bond acceptors (Lipinski definition) is 2. The van der Waals surface area contributed by atoms with Crippen LogP contribution in [0.5, 0.6) is 0 Å². The van der Waals surface area contributed by atoms with Crippen LogP contribution in [0.2, 0.25) is 0 Å². The van der Waals surface area contributed by atoms with E-state index >= 15 is 0 Å². The topological polar surface area (TPSA) is 25.8 Å². The molecule has 0 amide bonds. The molecule has 0 unspecified atom stereocenters. The average Bonchev–Trinajstić information content (AvgIpc) is 2.28. The van der Waals surface area contributed by atoms with Gasteiger partial charge in [0, 0.05) is 18.2 Å². The molecule has 0 saturated carbocycles. The minimum absolute atomic E-state index is 0.753. The summed E-state index contributed by atoms with van der Waals surface area (Å²) >= 11 is 0. The maximum atomic E-state index is 4.30. The Morgan fingerprint density at radius 1 is 1.50 bits per heavy atom. The van der Waals surface area contributed by atoms with E-state index < -0.39 is 0 Å². The largest absolute Gasteiger partial charge is 0.241 e. The molecular weight excluding hydrogens is 148 g/mol. The van der Waals surface area contributed by atoms with Gasteiger partial charge in [0.2, 0.25) is 0 Å². The third kappa shape index (κ3) is 1.22. The molecule has 0 spiro atoms. The molecule has 12 heavy (non-hydrogen) atoms. The van der Waals surface area contributed by atoms with Crippen LogP contribution in [0.15, 0.2) is 12.3 Å². The number of aryl methyl sites for hydroxylation is 1. The van der Waals surface area contributed by atoms with Crippen molar-refractivity contribution in [1.29, 1.82) is 0 Å². The average molecular weight is 156 g/mol. The molecule has 0 aromatic carbocycles. The van der Waals surface area contributed by atoms with Crippen molar-refractivity contribution in [2.45, 2.75) is 13.3 Å². The van der Waals surface area contributed by atoms with Crippen LogP contribution in [0.1, 0.15) is 17.1 Å². The Kier molecular flexibility index (Phi) is 1.64. The zero-order valence-corrected chi connectivity index (χ0v) is 6.83. The summed E-state index contributed by atoms with van der Waals surface area (Å²) < 4.78 is 0. The maximum Gasteiger partial charge on any atom is 0.125 e. The van der Waals surface area contributed by atoms with E-state index in [-0.39, 0.29) is 0 Å². The molecule has 1 aromatic heterocycles. The van der Waals surface area contributed by atoms with Gasteiger partial charge in [-0.2, -0.15) is 0 Å². The maximum absolute atomic E-state index is 4.30. The highest BCUT2D eigenvalue weighted by Gasteiger charge is 2.01. The van der Waals surface area contributed by atoms with Crippen LogP contribution in [-0.4, -0.2) is 9.97 Å². The second kappa shape index (κ2) is 2.78. The van der Waals surface area contributed by atoms with Gasteiger partial charge in [-0.3, -0.25) is 0 Å². The first-order valence-electron chi connectivity index (χ1n) is 3.84. The first-order chi connectivity index (χ1) is 5.86. The van der Waals surface area contributed by atoms with E-state index in [0.29, 0.717) is 0 Å². The van der Waals surface area contributed by atoms with E-state index in [9.17, 15) is 0 Å². The lowest BCUT2D eigenvalue weighted by molar-refractivity contribution is 1.01. The van der Waals surface area contributed by atoms with Gasteiger partial charge in [0.1, 0.15) is 5.82 Å². The van der Waals surface area contributed by atoms with Gasteiger partial charge >= 0.3 is 0 Å². The molecule has 58 valence electrons. The fourth-order valence-corrected chi connectivity index (χ4v) is 1.12. The number of hydrogen-bond donors (Lipinski definition) is 0. The molecular formula is C10H8N2. The normalized spacial score (nSPS) is 12.8. The van der Waals surface area contributed by atoms with Gasteiger partial charge in [0.25, 0.3) is 0 Å². The highest BCUT2D eigenvalue weighted by molar-refractivity contribution is 5.55. The van der Waals surface area contributed by atoms with Crippen molar-refractivity contribution in [2.24, 2.45) is 0 Å². The number of rotatable bonds is 0. The molecule has 1 aromatic rings. The Morgan fingerprint density at radius 3 is 3.33 bits per heavy atom. The molecule has 0 bridgehead atoms. The zero-order valence-electron chi connectivity index (χ0n) is 6.83. The number of nitrogens with zero attached hydrogens (tertiary/aromatic N) is 2.